The Kier molecular flexibility index (Phi) is 5.91. The van der Waals surface area contributed by atoms with Crippen molar-refractivity contribution in [3.05, 3.63) is 30.0 Å². The number of halogens is 1. The molecule has 0 saturated carbocycles. The van der Waals surface area contributed by atoms with Crippen LogP contribution in [0.5, 0.6) is 5.75 Å². The summed E-state index contributed by atoms with van der Waals surface area (Å²) in [4.78, 5) is 12.3. The predicted molar refractivity (Wildman–Crippen MR) is 92.3 cm³/mol. The van der Waals surface area contributed by atoms with E-state index < -0.39 is 0 Å². The molecule has 1 amide bonds. The third kappa shape index (κ3) is 4.18. The minimum Gasteiger partial charge on any atom is -0.497 e. The predicted octanol–water partition coefficient (Wildman–Crippen LogP) is 2.66. The molecule has 23 heavy (non-hydrogen) atoms. The Morgan fingerprint density at radius 1 is 1.48 bits per heavy atom. The van der Waals surface area contributed by atoms with E-state index in [1.807, 2.05) is 18.2 Å². The molecule has 5 nitrogen and oxygen atoms in total. The Hall–Kier alpha value is -1.72. The SMILES string of the molecule is COc1ccc2c(CC(=O)NC3CCNC(C)C3)coc2c1.Cl. The summed E-state index contributed by atoms with van der Waals surface area (Å²) in [6, 6.07) is 6.38. The largest absolute Gasteiger partial charge is 0.497 e. The Bertz CT molecular complexity index is 671. The smallest absolute Gasteiger partial charge is 0.224 e. The van der Waals surface area contributed by atoms with Crippen LogP contribution in [0.2, 0.25) is 0 Å². The molecule has 126 valence electrons. The molecule has 0 radical (unpaired) electrons. The maximum absolute atomic E-state index is 12.3. The molecule has 0 aliphatic carbocycles. The lowest BCUT2D eigenvalue weighted by molar-refractivity contribution is -0.121. The highest BCUT2D eigenvalue weighted by molar-refractivity contribution is 5.88. The highest BCUT2D eigenvalue weighted by Crippen LogP contribution is 2.25. The normalized spacial score (nSPS) is 20.8. The fourth-order valence-electron chi connectivity index (χ4n) is 3.04. The highest BCUT2D eigenvalue weighted by atomic mass is 35.5. The average Bonchev–Trinajstić information content (AvgIpc) is 2.89. The Morgan fingerprint density at radius 3 is 3.04 bits per heavy atom. The molecule has 1 aliphatic heterocycles. The van der Waals surface area contributed by atoms with Crippen molar-refractivity contribution in [3.8, 4) is 5.75 Å². The van der Waals surface area contributed by atoms with E-state index >= 15 is 0 Å². The monoisotopic (exact) mass is 338 g/mol. The van der Waals surface area contributed by atoms with Crippen molar-refractivity contribution >= 4 is 29.3 Å². The molecule has 1 saturated heterocycles. The van der Waals surface area contributed by atoms with Crippen molar-refractivity contribution in [2.45, 2.75) is 38.3 Å². The van der Waals surface area contributed by atoms with Gasteiger partial charge in [-0.25, -0.2) is 0 Å². The summed E-state index contributed by atoms with van der Waals surface area (Å²) in [6.07, 6.45) is 3.97. The number of methoxy groups -OCH3 is 1. The number of nitrogens with one attached hydrogen (secondary N) is 2. The lowest BCUT2D eigenvalue weighted by Crippen LogP contribution is -2.46. The van der Waals surface area contributed by atoms with Crippen LogP contribution in [0.3, 0.4) is 0 Å². The van der Waals surface area contributed by atoms with E-state index in [1.54, 1.807) is 13.4 Å². The number of amides is 1. The maximum atomic E-state index is 12.3. The van der Waals surface area contributed by atoms with E-state index in [0.29, 0.717) is 12.5 Å². The summed E-state index contributed by atoms with van der Waals surface area (Å²) in [6.45, 7) is 3.11. The Labute approximate surface area is 142 Å². The number of carbonyl (C=O) groups is 1. The molecular weight excluding hydrogens is 316 g/mol. The topological polar surface area (TPSA) is 63.5 Å². The van der Waals surface area contributed by atoms with Gasteiger partial charge in [0, 0.05) is 29.1 Å². The van der Waals surface area contributed by atoms with Gasteiger partial charge in [-0.05, 0) is 38.4 Å². The van der Waals surface area contributed by atoms with Gasteiger partial charge in [0.15, 0.2) is 0 Å². The summed E-state index contributed by atoms with van der Waals surface area (Å²) in [5.74, 6) is 0.805. The number of hydrogen-bond donors (Lipinski definition) is 2. The number of rotatable bonds is 4. The molecule has 1 aromatic heterocycles. The zero-order chi connectivity index (χ0) is 15.5. The third-order valence-electron chi connectivity index (χ3n) is 4.20. The summed E-state index contributed by atoms with van der Waals surface area (Å²) in [7, 11) is 1.62. The van der Waals surface area contributed by atoms with Gasteiger partial charge in [0.1, 0.15) is 11.3 Å². The molecule has 2 aromatic rings. The molecule has 2 atom stereocenters. The molecule has 2 N–H and O–H groups in total. The first kappa shape index (κ1) is 17.6. The van der Waals surface area contributed by atoms with Crippen LogP contribution in [0.15, 0.2) is 28.9 Å². The zero-order valence-electron chi connectivity index (χ0n) is 13.4. The first-order valence-electron chi connectivity index (χ1n) is 7.72. The second-order valence-electron chi connectivity index (χ2n) is 5.94. The molecule has 2 heterocycles. The first-order chi connectivity index (χ1) is 10.7. The van der Waals surface area contributed by atoms with E-state index in [1.165, 1.54) is 0 Å². The van der Waals surface area contributed by atoms with E-state index in [2.05, 4.69) is 17.6 Å². The fourth-order valence-corrected chi connectivity index (χ4v) is 3.04. The molecule has 1 aliphatic rings. The van der Waals surface area contributed by atoms with Crippen LogP contribution in [0.4, 0.5) is 0 Å². The van der Waals surface area contributed by atoms with Crippen LogP contribution < -0.4 is 15.4 Å². The van der Waals surface area contributed by atoms with Crippen LogP contribution in [-0.2, 0) is 11.2 Å². The van der Waals surface area contributed by atoms with Gasteiger partial charge < -0.3 is 19.8 Å². The standard InChI is InChI=1S/C17H22N2O3.ClH/c1-11-7-13(5-6-18-11)19-17(20)8-12-10-22-16-9-14(21-2)3-4-15(12)16;/h3-4,9-11,13,18H,5-8H2,1-2H3,(H,19,20);1H. The van der Waals surface area contributed by atoms with E-state index in [9.17, 15) is 4.79 Å². The van der Waals surface area contributed by atoms with E-state index in [0.717, 1.165) is 41.7 Å². The molecule has 3 rings (SSSR count). The minimum absolute atomic E-state index is 0. The number of hydrogen-bond acceptors (Lipinski definition) is 4. The quantitative estimate of drug-likeness (QED) is 0.899. The van der Waals surface area contributed by atoms with Gasteiger partial charge >= 0.3 is 0 Å². The van der Waals surface area contributed by atoms with Crippen molar-refractivity contribution in [3.63, 3.8) is 0 Å². The van der Waals surface area contributed by atoms with Crippen LogP contribution in [0.1, 0.15) is 25.3 Å². The second-order valence-corrected chi connectivity index (χ2v) is 5.94. The second kappa shape index (κ2) is 7.70. The van der Waals surface area contributed by atoms with Crippen LogP contribution in [-0.4, -0.2) is 31.6 Å². The van der Waals surface area contributed by atoms with E-state index in [-0.39, 0.29) is 24.4 Å². The molecule has 0 bridgehead atoms. The number of benzene rings is 1. The lowest BCUT2D eigenvalue weighted by atomic mass is 10.00. The minimum atomic E-state index is 0. The number of furan rings is 1. The third-order valence-corrected chi connectivity index (χ3v) is 4.20. The van der Waals surface area contributed by atoms with Gasteiger partial charge in [0.05, 0.1) is 19.8 Å². The van der Waals surface area contributed by atoms with Crippen molar-refractivity contribution in [1.29, 1.82) is 0 Å². The van der Waals surface area contributed by atoms with E-state index in [4.69, 9.17) is 9.15 Å². The summed E-state index contributed by atoms with van der Waals surface area (Å²) in [5, 5.41) is 7.48. The van der Waals surface area contributed by atoms with Gasteiger partial charge in [-0.2, -0.15) is 0 Å². The molecule has 1 aromatic carbocycles. The number of ether oxygens (including phenoxy) is 1. The molecular formula is C17H23ClN2O3. The van der Waals surface area contributed by atoms with Crippen molar-refractivity contribution < 1.29 is 13.9 Å². The van der Waals surface area contributed by atoms with Crippen LogP contribution >= 0.6 is 12.4 Å². The number of piperidine rings is 1. The Morgan fingerprint density at radius 2 is 2.30 bits per heavy atom. The first-order valence-corrected chi connectivity index (χ1v) is 7.72. The molecule has 1 fully saturated rings. The number of carbonyl (C=O) groups excluding carboxylic acids is 1. The lowest BCUT2D eigenvalue weighted by Gasteiger charge is -2.28. The molecule has 2 unspecified atom stereocenters. The van der Waals surface area contributed by atoms with Crippen LogP contribution in [0.25, 0.3) is 11.0 Å². The average molecular weight is 339 g/mol. The van der Waals surface area contributed by atoms with Crippen molar-refractivity contribution in [1.82, 2.24) is 10.6 Å². The Balaban J connectivity index is 0.00000192. The van der Waals surface area contributed by atoms with Gasteiger partial charge in [-0.3, -0.25) is 4.79 Å². The van der Waals surface area contributed by atoms with Gasteiger partial charge in [0.25, 0.3) is 0 Å². The van der Waals surface area contributed by atoms with Gasteiger partial charge in [0.2, 0.25) is 5.91 Å². The summed E-state index contributed by atoms with van der Waals surface area (Å²) < 4.78 is 10.7. The molecule has 0 spiro atoms. The van der Waals surface area contributed by atoms with Crippen LogP contribution in [0, 0.1) is 0 Å². The number of fused-ring (bicyclic) bond motifs is 1. The van der Waals surface area contributed by atoms with Gasteiger partial charge in [-0.1, -0.05) is 0 Å². The van der Waals surface area contributed by atoms with Crippen molar-refractivity contribution in [2.24, 2.45) is 0 Å². The maximum Gasteiger partial charge on any atom is 0.224 e. The highest BCUT2D eigenvalue weighted by Gasteiger charge is 2.20. The molecule has 6 heteroatoms. The van der Waals surface area contributed by atoms with Crippen molar-refractivity contribution in [2.75, 3.05) is 13.7 Å². The summed E-state index contributed by atoms with van der Waals surface area (Å²) in [5.41, 5.74) is 1.66. The zero-order valence-corrected chi connectivity index (χ0v) is 14.2. The summed E-state index contributed by atoms with van der Waals surface area (Å²) >= 11 is 0. The van der Waals surface area contributed by atoms with Gasteiger partial charge in [-0.15, -0.1) is 12.4 Å². The fraction of sp³-hybridized carbons (Fsp3) is 0.471.